The van der Waals surface area contributed by atoms with Gasteiger partial charge < -0.3 is 9.84 Å². The van der Waals surface area contributed by atoms with Gasteiger partial charge in [-0.1, -0.05) is 11.8 Å². The summed E-state index contributed by atoms with van der Waals surface area (Å²) in [4.78, 5) is 11.8. The SMILES string of the molecule is COc1ccc(C#CCCO)cc1Cn1ncn(C)c1=O. The number of methoxy groups -OCH3 is 1. The van der Waals surface area contributed by atoms with Crippen LogP contribution in [-0.2, 0) is 13.6 Å². The second-order valence-corrected chi connectivity index (χ2v) is 4.48. The summed E-state index contributed by atoms with van der Waals surface area (Å²) < 4.78 is 8.08. The standard InChI is InChI=1S/C15H17N3O3/c1-17-11-16-18(15(17)20)10-13-9-12(5-3-4-8-19)6-7-14(13)21-2/h6-7,9,11,19H,4,8,10H2,1-2H3. The third-order valence-electron chi connectivity index (χ3n) is 2.96. The summed E-state index contributed by atoms with van der Waals surface area (Å²) >= 11 is 0. The monoisotopic (exact) mass is 287 g/mol. The van der Waals surface area contributed by atoms with Gasteiger partial charge in [0.05, 0.1) is 20.3 Å². The Bertz CT molecular complexity index is 735. The van der Waals surface area contributed by atoms with Crippen molar-refractivity contribution in [2.45, 2.75) is 13.0 Å². The van der Waals surface area contributed by atoms with E-state index < -0.39 is 0 Å². The lowest BCUT2D eigenvalue weighted by molar-refractivity contribution is 0.305. The number of nitrogens with zero attached hydrogens (tertiary/aromatic N) is 3. The molecule has 21 heavy (non-hydrogen) atoms. The minimum atomic E-state index is -0.186. The molecule has 110 valence electrons. The lowest BCUT2D eigenvalue weighted by atomic mass is 10.1. The van der Waals surface area contributed by atoms with E-state index in [1.54, 1.807) is 14.2 Å². The zero-order valence-corrected chi connectivity index (χ0v) is 12.0. The van der Waals surface area contributed by atoms with Gasteiger partial charge in [0.15, 0.2) is 0 Å². The number of benzene rings is 1. The molecule has 0 aliphatic rings. The van der Waals surface area contributed by atoms with Crippen LogP contribution in [0.1, 0.15) is 17.5 Å². The number of aromatic nitrogens is 3. The summed E-state index contributed by atoms with van der Waals surface area (Å²) in [6.07, 6.45) is 1.90. The fourth-order valence-corrected chi connectivity index (χ4v) is 1.89. The third-order valence-corrected chi connectivity index (χ3v) is 2.96. The van der Waals surface area contributed by atoms with E-state index in [-0.39, 0.29) is 12.3 Å². The molecule has 6 heteroatoms. The van der Waals surface area contributed by atoms with E-state index >= 15 is 0 Å². The smallest absolute Gasteiger partial charge is 0.345 e. The van der Waals surface area contributed by atoms with Crippen molar-refractivity contribution in [1.29, 1.82) is 0 Å². The molecule has 2 aromatic rings. The minimum Gasteiger partial charge on any atom is -0.496 e. The van der Waals surface area contributed by atoms with Gasteiger partial charge in [-0.3, -0.25) is 4.57 Å². The van der Waals surface area contributed by atoms with Crippen LogP contribution in [-0.4, -0.2) is 33.2 Å². The molecular weight excluding hydrogens is 270 g/mol. The second-order valence-electron chi connectivity index (χ2n) is 4.48. The minimum absolute atomic E-state index is 0.0410. The van der Waals surface area contributed by atoms with Crippen LogP contribution in [0.3, 0.4) is 0 Å². The van der Waals surface area contributed by atoms with Gasteiger partial charge in [0.2, 0.25) is 0 Å². The molecule has 0 atom stereocenters. The van der Waals surface area contributed by atoms with Crippen LogP contribution >= 0.6 is 0 Å². The normalized spacial score (nSPS) is 10.0. The van der Waals surface area contributed by atoms with E-state index in [0.717, 1.165) is 11.1 Å². The molecule has 0 spiro atoms. The van der Waals surface area contributed by atoms with Gasteiger partial charge in [-0.25, -0.2) is 9.48 Å². The van der Waals surface area contributed by atoms with Crippen LogP contribution in [0.5, 0.6) is 5.75 Å². The largest absolute Gasteiger partial charge is 0.496 e. The van der Waals surface area contributed by atoms with Gasteiger partial charge in [0.1, 0.15) is 12.1 Å². The number of rotatable bonds is 4. The van der Waals surface area contributed by atoms with E-state index in [2.05, 4.69) is 16.9 Å². The van der Waals surface area contributed by atoms with Crippen LogP contribution in [0.25, 0.3) is 0 Å². The molecule has 0 saturated carbocycles. The molecule has 2 rings (SSSR count). The highest BCUT2D eigenvalue weighted by atomic mass is 16.5. The molecule has 1 aromatic heterocycles. The van der Waals surface area contributed by atoms with Crippen molar-refractivity contribution < 1.29 is 9.84 Å². The van der Waals surface area contributed by atoms with E-state index in [1.165, 1.54) is 15.6 Å². The summed E-state index contributed by atoms with van der Waals surface area (Å²) in [6.45, 7) is 0.359. The van der Waals surface area contributed by atoms with Crippen molar-refractivity contribution >= 4 is 0 Å². The van der Waals surface area contributed by atoms with Crippen molar-refractivity contribution in [1.82, 2.24) is 14.3 Å². The average molecular weight is 287 g/mol. The maximum Gasteiger partial charge on any atom is 0.345 e. The molecule has 1 aromatic carbocycles. The Morgan fingerprint density at radius 3 is 2.86 bits per heavy atom. The summed E-state index contributed by atoms with van der Waals surface area (Å²) in [7, 11) is 3.23. The molecule has 0 amide bonds. The van der Waals surface area contributed by atoms with Gasteiger partial charge in [-0.2, -0.15) is 5.10 Å². The maximum absolute atomic E-state index is 11.8. The summed E-state index contributed by atoms with van der Waals surface area (Å²) in [6, 6.07) is 5.52. The number of hydrogen-bond donors (Lipinski definition) is 1. The molecule has 0 radical (unpaired) electrons. The highest BCUT2D eigenvalue weighted by molar-refractivity contribution is 5.44. The first-order chi connectivity index (χ1) is 10.2. The van der Waals surface area contributed by atoms with Gasteiger partial charge in [0.25, 0.3) is 0 Å². The topological polar surface area (TPSA) is 69.3 Å². The highest BCUT2D eigenvalue weighted by Gasteiger charge is 2.08. The van der Waals surface area contributed by atoms with Gasteiger partial charge >= 0.3 is 5.69 Å². The average Bonchev–Trinajstić information content (AvgIpc) is 2.80. The Balaban J connectivity index is 2.32. The maximum atomic E-state index is 11.8. The van der Waals surface area contributed by atoms with Crippen LogP contribution < -0.4 is 10.4 Å². The van der Waals surface area contributed by atoms with Gasteiger partial charge in [-0.15, -0.1) is 0 Å². The Labute approximate surface area is 122 Å². The number of ether oxygens (including phenoxy) is 1. The first kappa shape index (κ1) is 14.9. The van der Waals surface area contributed by atoms with E-state index in [9.17, 15) is 4.79 Å². The fourth-order valence-electron chi connectivity index (χ4n) is 1.89. The zero-order chi connectivity index (χ0) is 15.2. The zero-order valence-electron chi connectivity index (χ0n) is 12.0. The molecule has 6 nitrogen and oxygen atoms in total. The van der Waals surface area contributed by atoms with Crippen LogP contribution in [0, 0.1) is 11.8 Å². The Morgan fingerprint density at radius 2 is 2.24 bits per heavy atom. The number of aryl methyl sites for hydroxylation is 1. The first-order valence-electron chi connectivity index (χ1n) is 6.50. The number of aliphatic hydroxyl groups excluding tert-OH is 1. The predicted octanol–water partition coefficient (Wildman–Crippen LogP) is 0.373. The van der Waals surface area contributed by atoms with Gasteiger partial charge in [-0.05, 0) is 18.2 Å². The molecule has 0 bridgehead atoms. The quantitative estimate of drug-likeness (QED) is 0.825. The molecule has 0 fully saturated rings. The summed E-state index contributed by atoms with van der Waals surface area (Å²) in [5.41, 5.74) is 1.45. The molecule has 0 unspecified atom stereocenters. The summed E-state index contributed by atoms with van der Waals surface area (Å²) in [5, 5.41) is 12.8. The van der Waals surface area contributed by atoms with E-state index in [1.807, 2.05) is 18.2 Å². The van der Waals surface area contributed by atoms with Crippen molar-refractivity contribution in [2.24, 2.45) is 7.05 Å². The molecule has 1 heterocycles. The van der Waals surface area contributed by atoms with Crippen molar-refractivity contribution in [3.63, 3.8) is 0 Å². The van der Waals surface area contributed by atoms with Crippen LogP contribution in [0.4, 0.5) is 0 Å². The Hall–Kier alpha value is -2.52. The third kappa shape index (κ3) is 3.52. The highest BCUT2D eigenvalue weighted by Crippen LogP contribution is 2.20. The lowest BCUT2D eigenvalue weighted by Crippen LogP contribution is -2.23. The molecular formula is C15H17N3O3. The van der Waals surface area contributed by atoms with Crippen molar-refractivity contribution in [3.05, 3.63) is 46.1 Å². The second kappa shape index (κ2) is 6.77. The van der Waals surface area contributed by atoms with Crippen molar-refractivity contribution in [3.8, 4) is 17.6 Å². The van der Waals surface area contributed by atoms with Crippen LogP contribution in [0.2, 0.25) is 0 Å². The molecule has 0 saturated heterocycles. The van der Waals surface area contributed by atoms with Crippen molar-refractivity contribution in [2.75, 3.05) is 13.7 Å². The molecule has 0 aliphatic carbocycles. The Kier molecular flexibility index (Phi) is 4.80. The molecule has 0 aliphatic heterocycles. The van der Waals surface area contributed by atoms with E-state index in [0.29, 0.717) is 18.7 Å². The lowest BCUT2D eigenvalue weighted by Gasteiger charge is -2.08. The van der Waals surface area contributed by atoms with E-state index in [4.69, 9.17) is 9.84 Å². The number of hydrogen-bond acceptors (Lipinski definition) is 4. The predicted molar refractivity (Wildman–Crippen MR) is 78.1 cm³/mol. The summed E-state index contributed by atoms with van der Waals surface area (Å²) in [5.74, 6) is 6.51. The van der Waals surface area contributed by atoms with Gasteiger partial charge in [0, 0.05) is 24.6 Å². The number of aliphatic hydroxyl groups is 1. The van der Waals surface area contributed by atoms with Crippen LogP contribution in [0.15, 0.2) is 29.3 Å². The Morgan fingerprint density at radius 1 is 1.43 bits per heavy atom. The molecule has 1 N–H and O–H groups in total. The first-order valence-corrected chi connectivity index (χ1v) is 6.50. The fraction of sp³-hybridized carbons (Fsp3) is 0.333.